The summed E-state index contributed by atoms with van der Waals surface area (Å²) < 4.78 is 2.07. The molecule has 0 aromatic heterocycles. The molecular weight excluding hydrogens is 296 g/mol. The third-order valence-electron chi connectivity index (χ3n) is 5.97. The molecule has 2 aromatic rings. The highest BCUT2D eigenvalue weighted by atomic mass is 16.3. The number of hydrogen-bond donors (Lipinski definition) is 0. The van der Waals surface area contributed by atoms with Crippen molar-refractivity contribution in [3.8, 4) is 0 Å². The van der Waals surface area contributed by atoms with E-state index in [9.17, 15) is 5.11 Å². The lowest BCUT2D eigenvalue weighted by atomic mass is 9.85. The first-order valence-electron chi connectivity index (χ1n) is 8.85. The van der Waals surface area contributed by atoms with E-state index in [1.54, 1.807) is 0 Å². The predicted molar refractivity (Wildman–Crippen MR) is 91.9 cm³/mol. The van der Waals surface area contributed by atoms with Gasteiger partial charge in [0.25, 0.3) is 0 Å². The molecular formula is C21H20N2O. The monoisotopic (exact) mass is 316 g/mol. The van der Waals surface area contributed by atoms with Gasteiger partial charge in [0.2, 0.25) is 5.71 Å². The van der Waals surface area contributed by atoms with Gasteiger partial charge in [-0.15, -0.1) is 0 Å². The Labute approximate surface area is 142 Å². The molecule has 2 aliphatic carbocycles. The molecule has 120 valence electrons. The molecule has 1 aliphatic heterocycles. The zero-order valence-electron chi connectivity index (χ0n) is 13.5. The molecule has 0 saturated heterocycles. The molecule has 1 heterocycles. The quantitative estimate of drug-likeness (QED) is 0.785. The summed E-state index contributed by atoms with van der Waals surface area (Å²) in [5.74, 6) is 1.37. The van der Waals surface area contributed by atoms with Crippen molar-refractivity contribution < 1.29 is 9.79 Å². The second-order valence-electron chi connectivity index (χ2n) is 7.21. The van der Waals surface area contributed by atoms with Crippen LogP contribution in [0.2, 0.25) is 0 Å². The molecule has 2 bridgehead atoms. The highest BCUT2D eigenvalue weighted by Gasteiger charge is 2.58. The predicted octanol–water partition coefficient (Wildman–Crippen LogP) is 2.64. The number of nitrogens with zero attached hydrogens (tertiary/aromatic N) is 2. The van der Waals surface area contributed by atoms with Crippen molar-refractivity contribution in [3.63, 3.8) is 0 Å². The van der Waals surface area contributed by atoms with Crippen molar-refractivity contribution in [2.75, 3.05) is 0 Å². The van der Waals surface area contributed by atoms with E-state index < -0.39 is 0 Å². The smallest absolute Gasteiger partial charge is 0.246 e. The van der Waals surface area contributed by atoms with Crippen LogP contribution >= 0.6 is 0 Å². The Morgan fingerprint density at radius 2 is 1.46 bits per heavy atom. The van der Waals surface area contributed by atoms with Crippen molar-refractivity contribution in [1.29, 1.82) is 0 Å². The van der Waals surface area contributed by atoms with E-state index in [0.717, 1.165) is 16.8 Å². The molecule has 2 saturated carbocycles. The minimum absolute atomic E-state index is 0.0940. The van der Waals surface area contributed by atoms with Crippen molar-refractivity contribution >= 4 is 11.6 Å². The summed E-state index contributed by atoms with van der Waals surface area (Å²) in [6.07, 6.45) is 3.64. The highest BCUT2D eigenvalue weighted by Crippen LogP contribution is 2.52. The summed E-state index contributed by atoms with van der Waals surface area (Å²) in [4.78, 5) is 0. The fourth-order valence-electron chi connectivity index (χ4n) is 5.02. The van der Waals surface area contributed by atoms with Gasteiger partial charge < -0.3 is 5.11 Å². The van der Waals surface area contributed by atoms with Crippen LogP contribution in [0, 0.1) is 17.8 Å². The van der Waals surface area contributed by atoms with E-state index in [2.05, 4.69) is 58.3 Å². The van der Waals surface area contributed by atoms with Crippen LogP contribution in [0.25, 0.3) is 0 Å². The zero-order chi connectivity index (χ0) is 16.1. The van der Waals surface area contributed by atoms with Gasteiger partial charge in [-0.25, -0.2) is 0 Å². The first kappa shape index (κ1) is 14.0. The second-order valence-corrected chi connectivity index (χ2v) is 7.21. The minimum Gasteiger partial charge on any atom is -0.857 e. The molecule has 5 rings (SSSR count). The number of hydrazone groups is 1. The number of rotatable bonds is 2. The van der Waals surface area contributed by atoms with E-state index in [1.165, 1.54) is 19.3 Å². The summed E-state index contributed by atoms with van der Waals surface area (Å²) in [6.45, 7) is 0. The molecule has 4 unspecified atom stereocenters. The normalized spacial score (nSPS) is 30.3. The van der Waals surface area contributed by atoms with Gasteiger partial charge in [0.15, 0.2) is 6.04 Å². The van der Waals surface area contributed by atoms with Crippen LogP contribution in [0.3, 0.4) is 0 Å². The fraction of sp³-hybridized carbons (Fsp3) is 0.333. The second kappa shape index (κ2) is 5.30. The maximum atomic E-state index is 12.6. The van der Waals surface area contributed by atoms with Crippen LogP contribution in [0.5, 0.6) is 0 Å². The topological polar surface area (TPSA) is 38.4 Å². The summed E-state index contributed by atoms with van der Waals surface area (Å²) >= 11 is 0. The molecule has 0 radical (unpaired) electrons. The van der Waals surface area contributed by atoms with Gasteiger partial charge in [-0.3, -0.25) is 0 Å². The largest absolute Gasteiger partial charge is 0.857 e. The first-order chi connectivity index (χ1) is 11.8. The van der Waals surface area contributed by atoms with E-state index in [-0.39, 0.29) is 17.9 Å². The highest BCUT2D eigenvalue weighted by molar-refractivity contribution is 6.09. The van der Waals surface area contributed by atoms with Gasteiger partial charge in [-0.05, 0) is 54.5 Å². The lowest BCUT2D eigenvalue weighted by molar-refractivity contribution is -0.572. The number of benzene rings is 2. The Balaban J connectivity index is 1.73. The number of fused-ring (bicyclic) bond motifs is 5. The lowest BCUT2D eigenvalue weighted by Gasteiger charge is -2.22. The third-order valence-corrected chi connectivity index (χ3v) is 5.97. The van der Waals surface area contributed by atoms with Crippen molar-refractivity contribution in [3.05, 3.63) is 71.8 Å². The van der Waals surface area contributed by atoms with Gasteiger partial charge >= 0.3 is 0 Å². The van der Waals surface area contributed by atoms with Gasteiger partial charge in [-0.1, -0.05) is 41.1 Å². The Bertz CT molecular complexity index is 784. The SMILES string of the molecule is [O-]C1=N[N+](=C(c2ccccc2)c2ccccc2)C2C3CCC(C3)C12. The van der Waals surface area contributed by atoms with Crippen molar-refractivity contribution in [2.24, 2.45) is 22.9 Å². The van der Waals surface area contributed by atoms with E-state index in [4.69, 9.17) is 0 Å². The molecule has 2 aromatic carbocycles. The average molecular weight is 316 g/mol. The van der Waals surface area contributed by atoms with Crippen molar-refractivity contribution in [2.45, 2.75) is 25.3 Å². The van der Waals surface area contributed by atoms with Gasteiger partial charge in [0, 0.05) is 22.9 Å². The number of hydrogen-bond acceptors (Lipinski definition) is 2. The van der Waals surface area contributed by atoms with Crippen molar-refractivity contribution in [1.82, 2.24) is 0 Å². The van der Waals surface area contributed by atoms with E-state index in [0.29, 0.717) is 11.8 Å². The van der Waals surface area contributed by atoms with Crippen LogP contribution in [-0.4, -0.2) is 22.3 Å². The summed E-state index contributed by atoms with van der Waals surface area (Å²) in [6, 6.07) is 21.0. The molecule has 4 atom stereocenters. The van der Waals surface area contributed by atoms with Crippen LogP contribution in [0.15, 0.2) is 65.8 Å². The molecule has 3 nitrogen and oxygen atoms in total. The summed E-state index contributed by atoms with van der Waals surface area (Å²) in [5.41, 5.74) is 3.33. The third kappa shape index (κ3) is 1.97. The van der Waals surface area contributed by atoms with Crippen LogP contribution in [0.4, 0.5) is 0 Å². The molecule has 24 heavy (non-hydrogen) atoms. The minimum atomic E-state index is 0.0940. The molecule has 0 spiro atoms. The van der Waals surface area contributed by atoms with Gasteiger partial charge in [0.05, 0.1) is 5.92 Å². The summed E-state index contributed by atoms with van der Waals surface area (Å²) in [7, 11) is 0. The summed E-state index contributed by atoms with van der Waals surface area (Å²) in [5, 5.41) is 17.1. The standard InChI is InChI=1S/C21H20N2O/c24-21-18-16-11-12-17(13-16)20(18)23(22-21)19(14-7-3-1-4-8-14)15-9-5-2-6-10-15/h1-10,16-18,20H,11-13H2. The zero-order valence-corrected chi connectivity index (χ0v) is 13.5. The van der Waals surface area contributed by atoms with Crippen LogP contribution < -0.4 is 5.11 Å². The van der Waals surface area contributed by atoms with Gasteiger partial charge in [0.1, 0.15) is 0 Å². The Kier molecular flexibility index (Phi) is 3.09. The molecule has 2 fully saturated rings. The molecule has 3 aliphatic rings. The fourth-order valence-corrected chi connectivity index (χ4v) is 5.02. The van der Waals surface area contributed by atoms with E-state index >= 15 is 0 Å². The maximum Gasteiger partial charge on any atom is 0.246 e. The van der Waals surface area contributed by atoms with E-state index in [1.807, 2.05) is 12.1 Å². The Morgan fingerprint density at radius 3 is 2.08 bits per heavy atom. The first-order valence-corrected chi connectivity index (χ1v) is 8.85. The Hall–Kier alpha value is -2.42. The molecule has 0 amide bonds. The molecule has 0 N–H and O–H groups in total. The maximum absolute atomic E-state index is 12.6. The van der Waals surface area contributed by atoms with Gasteiger partial charge in [-0.2, -0.15) is 0 Å². The molecule has 3 heteroatoms. The van der Waals surface area contributed by atoms with Crippen LogP contribution in [0.1, 0.15) is 30.4 Å². The Morgan fingerprint density at radius 1 is 0.875 bits per heavy atom. The average Bonchev–Trinajstić information content (AvgIpc) is 3.32. The lowest BCUT2D eigenvalue weighted by Crippen LogP contribution is -2.39. The van der Waals surface area contributed by atoms with Crippen LogP contribution in [-0.2, 0) is 0 Å².